The summed E-state index contributed by atoms with van der Waals surface area (Å²) < 4.78 is 11.3. The SMILES string of the molecule is c1ccc(-n2c3cc4ccccc4cc3c3c2ccc2c4ccccc4n(-c4cccc5oc6ccccc6c45)c23)cc1. The number of benzene rings is 7. The number of fused-ring (bicyclic) bond motifs is 11. The van der Waals surface area contributed by atoms with Gasteiger partial charge < -0.3 is 13.6 Å². The van der Waals surface area contributed by atoms with Gasteiger partial charge in [-0.15, -0.1) is 0 Å². The van der Waals surface area contributed by atoms with Gasteiger partial charge >= 0.3 is 0 Å². The van der Waals surface area contributed by atoms with Gasteiger partial charge in [0, 0.05) is 32.6 Å². The Kier molecular flexibility index (Phi) is 4.45. The summed E-state index contributed by atoms with van der Waals surface area (Å²) in [6.45, 7) is 0. The molecule has 0 saturated heterocycles. The minimum absolute atomic E-state index is 0.898. The Balaban J connectivity index is 1.48. The van der Waals surface area contributed by atoms with E-state index in [0.717, 1.165) is 33.3 Å². The molecular weight excluding hydrogens is 524 g/mol. The molecule has 0 spiro atoms. The van der Waals surface area contributed by atoms with Crippen LogP contribution < -0.4 is 0 Å². The second kappa shape index (κ2) is 8.37. The van der Waals surface area contributed by atoms with Crippen LogP contribution in [0.2, 0.25) is 0 Å². The predicted molar refractivity (Wildman–Crippen MR) is 180 cm³/mol. The fourth-order valence-corrected chi connectivity index (χ4v) is 7.29. The van der Waals surface area contributed by atoms with Crippen molar-refractivity contribution in [2.75, 3.05) is 0 Å². The van der Waals surface area contributed by atoms with Crippen molar-refractivity contribution in [1.82, 2.24) is 9.13 Å². The zero-order chi connectivity index (χ0) is 28.1. The van der Waals surface area contributed by atoms with Crippen LogP contribution in [0.15, 0.2) is 150 Å². The highest BCUT2D eigenvalue weighted by atomic mass is 16.3. The highest BCUT2D eigenvalue weighted by Gasteiger charge is 2.23. The molecule has 0 N–H and O–H groups in total. The van der Waals surface area contributed by atoms with E-state index in [2.05, 4.69) is 149 Å². The number of para-hydroxylation sites is 3. The summed E-state index contributed by atoms with van der Waals surface area (Å²) >= 11 is 0. The van der Waals surface area contributed by atoms with Crippen molar-refractivity contribution in [3.05, 3.63) is 146 Å². The van der Waals surface area contributed by atoms with Gasteiger partial charge in [-0.05, 0) is 65.4 Å². The number of furan rings is 1. The van der Waals surface area contributed by atoms with Crippen molar-refractivity contribution in [3.8, 4) is 11.4 Å². The number of hydrogen-bond donors (Lipinski definition) is 0. The normalized spacial score (nSPS) is 12.2. The van der Waals surface area contributed by atoms with Crippen molar-refractivity contribution in [1.29, 1.82) is 0 Å². The van der Waals surface area contributed by atoms with Crippen LogP contribution in [0.4, 0.5) is 0 Å². The molecule has 0 fully saturated rings. The van der Waals surface area contributed by atoms with Gasteiger partial charge in [-0.1, -0.05) is 91.0 Å². The van der Waals surface area contributed by atoms with Gasteiger partial charge in [0.1, 0.15) is 11.2 Å². The number of hydrogen-bond acceptors (Lipinski definition) is 1. The number of nitrogens with zero attached hydrogens (tertiary/aromatic N) is 2. The smallest absolute Gasteiger partial charge is 0.137 e. The lowest BCUT2D eigenvalue weighted by atomic mass is 10.0. The second-order valence-corrected chi connectivity index (χ2v) is 11.3. The summed E-state index contributed by atoms with van der Waals surface area (Å²) in [5.41, 5.74) is 8.88. The Morgan fingerprint density at radius 3 is 2.00 bits per heavy atom. The molecule has 43 heavy (non-hydrogen) atoms. The number of aromatic nitrogens is 2. The third-order valence-electron chi connectivity index (χ3n) is 9.07. The first-order chi connectivity index (χ1) is 21.3. The molecule has 3 nitrogen and oxygen atoms in total. The molecule has 3 heterocycles. The van der Waals surface area contributed by atoms with Gasteiger partial charge in [0.05, 0.1) is 33.1 Å². The average Bonchev–Trinajstić information content (AvgIpc) is 3.71. The van der Waals surface area contributed by atoms with E-state index in [9.17, 15) is 0 Å². The Bertz CT molecular complexity index is 2720. The van der Waals surface area contributed by atoms with Gasteiger partial charge in [-0.2, -0.15) is 0 Å². The van der Waals surface area contributed by atoms with Gasteiger partial charge in [0.15, 0.2) is 0 Å². The first kappa shape index (κ1) is 22.8. The van der Waals surface area contributed by atoms with E-state index in [0.29, 0.717) is 0 Å². The topological polar surface area (TPSA) is 23.0 Å². The van der Waals surface area contributed by atoms with Crippen LogP contribution in [0.1, 0.15) is 0 Å². The minimum Gasteiger partial charge on any atom is -0.456 e. The van der Waals surface area contributed by atoms with Gasteiger partial charge in [-0.25, -0.2) is 0 Å². The van der Waals surface area contributed by atoms with E-state index in [1.807, 2.05) is 6.07 Å². The third-order valence-corrected chi connectivity index (χ3v) is 9.07. The molecule has 10 aromatic rings. The quantitative estimate of drug-likeness (QED) is 0.211. The van der Waals surface area contributed by atoms with Crippen LogP contribution in [-0.2, 0) is 0 Å². The Labute approximate surface area is 246 Å². The molecule has 0 atom stereocenters. The van der Waals surface area contributed by atoms with Gasteiger partial charge in [0.25, 0.3) is 0 Å². The van der Waals surface area contributed by atoms with Crippen LogP contribution in [-0.4, -0.2) is 9.13 Å². The molecule has 0 bridgehead atoms. The Morgan fingerprint density at radius 2 is 1.12 bits per heavy atom. The largest absolute Gasteiger partial charge is 0.456 e. The highest BCUT2D eigenvalue weighted by molar-refractivity contribution is 6.28. The van der Waals surface area contributed by atoms with Crippen molar-refractivity contribution in [2.45, 2.75) is 0 Å². The van der Waals surface area contributed by atoms with E-state index in [-0.39, 0.29) is 0 Å². The fourth-order valence-electron chi connectivity index (χ4n) is 7.29. The maximum atomic E-state index is 6.37. The van der Waals surface area contributed by atoms with Gasteiger partial charge in [0.2, 0.25) is 0 Å². The molecule has 3 aromatic heterocycles. The van der Waals surface area contributed by atoms with Crippen LogP contribution >= 0.6 is 0 Å². The summed E-state index contributed by atoms with van der Waals surface area (Å²) in [5.74, 6) is 0. The second-order valence-electron chi connectivity index (χ2n) is 11.3. The first-order valence-electron chi connectivity index (χ1n) is 14.7. The molecule has 7 aromatic carbocycles. The van der Waals surface area contributed by atoms with Crippen LogP contribution in [0.5, 0.6) is 0 Å². The lowest BCUT2D eigenvalue weighted by Gasteiger charge is -2.11. The minimum atomic E-state index is 0.898. The predicted octanol–water partition coefficient (Wildman–Crippen LogP) is 10.9. The monoisotopic (exact) mass is 548 g/mol. The number of rotatable bonds is 2. The zero-order valence-electron chi connectivity index (χ0n) is 23.2. The molecule has 0 radical (unpaired) electrons. The third kappa shape index (κ3) is 3.03. The Morgan fingerprint density at radius 1 is 0.395 bits per heavy atom. The summed E-state index contributed by atoms with van der Waals surface area (Å²) in [5, 5.41) is 9.73. The Hall–Kier alpha value is -5.80. The molecule has 200 valence electrons. The van der Waals surface area contributed by atoms with Crippen molar-refractivity contribution in [3.63, 3.8) is 0 Å². The summed E-state index contributed by atoms with van der Waals surface area (Å²) in [6, 6.07) is 52.3. The van der Waals surface area contributed by atoms with E-state index in [1.54, 1.807) is 0 Å². The van der Waals surface area contributed by atoms with E-state index >= 15 is 0 Å². The standard InChI is InChI=1S/C40H24N2O/c1-2-13-27(14-3-1)41-34-22-21-29-28-15-6-8-17-32(28)42(33-18-10-20-37-38(33)30-16-7-9-19-36(30)43-37)40(29)39(34)31-23-25-11-4-5-12-26(25)24-35(31)41/h1-24H. The van der Waals surface area contributed by atoms with Crippen molar-refractivity contribution < 1.29 is 4.42 Å². The zero-order valence-corrected chi connectivity index (χ0v) is 23.2. The molecular formula is C40H24N2O. The van der Waals surface area contributed by atoms with E-state index < -0.39 is 0 Å². The van der Waals surface area contributed by atoms with Gasteiger partial charge in [-0.3, -0.25) is 0 Å². The summed E-state index contributed by atoms with van der Waals surface area (Å²) in [6.07, 6.45) is 0. The highest BCUT2D eigenvalue weighted by Crippen LogP contribution is 2.44. The molecule has 0 amide bonds. The van der Waals surface area contributed by atoms with Crippen molar-refractivity contribution in [2.24, 2.45) is 0 Å². The maximum absolute atomic E-state index is 6.37. The fraction of sp³-hybridized carbons (Fsp3) is 0. The molecule has 0 aliphatic rings. The van der Waals surface area contributed by atoms with Crippen LogP contribution in [0.3, 0.4) is 0 Å². The summed E-state index contributed by atoms with van der Waals surface area (Å²) in [7, 11) is 0. The molecule has 0 saturated carbocycles. The lowest BCUT2D eigenvalue weighted by molar-refractivity contribution is 0.669. The molecule has 0 aliphatic carbocycles. The average molecular weight is 549 g/mol. The summed E-state index contributed by atoms with van der Waals surface area (Å²) in [4.78, 5) is 0. The first-order valence-corrected chi connectivity index (χ1v) is 14.7. The van der Waals surface area contributed by atoms with Crippen molar-refractivity contribution >= 4 is 76.3 Å². The van der Waals surface area contributed by atoms with E-state index in [1.165, 1.54) is 54.4 Å². The molecule has 3 heteroatoms. The molecule has 0 aliphatic heterocycles. The van der Waals surface area contributed by atoms with E-state index in [4.69, 9.17) is 4.42 Å². The molecule has 10 rings (SSSR count). The van der Waals surface area contributed by atoms with Crippen LogP contribution in [0.25, 0.3) is 87.7 Å². The van der Waals surface area contributed by atoms with Crippen LogP contribution in [0, 0.1) is 0 Å². The maximum Gasteiger partial charge on any atom is 0.137 e. The lowest BCUT2D eigenvalue weighted by Crippen LogP contribution is -1.96. The molecule has 0 unspecified atom stereocenters.